The third-order valence-electron chi connectivity index (χ3n) is 10.4. The van der Waals surface area contributed by atoms with Crippen molar-refractivity contribution in [3.63, 3.8) is 0 Å². The van der Waals surface area contributed by atoms with E-state index in [-0.39, 0.29) is 45.9 Å². The maximum atomic E-state index is 14.3. The number of aliphatic hydroxyl groups is 1. The summed E-state index contributed by atoms with van der Waals surface area (Å²) < 4.78 is 42.3. The first-order chi connectivity index (χ1) is 33.0. The average Bonchev–Trinajstić information content (AvgIpc) is 3.31. The number of carbonyl (C=O) groups excluding carboxylic acids is 4. The molecular formula is C50H76N6O13. The fraction of sp³-hybridized carbons (Fsp3) is 0.580. The molecule has 0 fully saturated rings. The van der Waals surface area contributed by atoms with Crippen LogP contribution < -0.4 is 21.4 Å². The van der Waals surface area contributed by atoms with E-state index in [1.54, 1.807) is 67.0 Å². The van der Waals surface area contributed by atoms with Crippen LogP contribution in [0.3, 0.4) is 0 Å². The third kappa shape index (κ3) is 23.7. The van der Waals surface area contributed by atoms with E-state index in [2.05, 4.69) is 26.4 Å². The minimum absolute atomic E-state index is 0.0561. The second-order valence-corrected chi connectivity index (χ2v) is 18.2. The molecular weight excluding hydrogens is 893 g/mol. The summed E-state index contributed by atoms with van der Waals surface area (Å²) in [5.74, 6) is -1.12. The van der Waals surface area contributed by atoms with Crippen LogP contribution in [0.25, 0.3) is 11.3 Å². The van der Waals surface area contributed by atoms with Gasteiger partial charge in [0, 0.05) is 39.1 Å². The predicted molar refractivity (Wildman–Crippen MR) is 259 cm³/mol. The van der Waals surface area contributed by atoms with E-state index in [1.165, 1.54) is 0 Å². The molecule has 2 aromatic carbocycles. The zero-order valence-corrected chi connectivity index (χ0v) is 41.7. The van der Waals surface area contributed by atoms with Crippen LogP contribution in [0.5, 0.6) is 0 Å². The molecule has 1 aromatic heterocycles. The van der Waals surface area contributed by atoms with Crippen molar-refractivity contribution in [3.05, 3.63) is 90.1 Å². The molecule has 0 radical (unpaired) electrons. The topological polar surface area (TPSA) is 227 Å². The fourth-order valence-corrected chi connectivity index (χ4v) is 6.66. The van der Waals surface area contributed by atoms with Crippen molar-refractivity contribution in [3.8, 4) is 11.3 Å². The number of hydrogen-bond donors (Lipinski definition) is 5. The molecule has 5 N–H and O–H groups in total. The number of ether oxygens (including phenoxy) is 8. The van der Waals surface area contributed by atoms with Crippen molar-refractivity contribution in [2.45, 2.75) is 78.7 Å². The lowest BCUT2D eigenvalue weighted by Gasteiger charge is -2.36. The molecule has 69 heavy (non-hydrogen) atoms. The Bertz CT molecular complexity index is 1900. The Labute approximate surface area is 407 Å². The van der Waals surface area contributed by atoms with Gasteiger partial charge >= 0.3 is 12.2 Å². The van der Waals surface area contributed by atoms with Gasteiger partial charge in [0.2, 0.25) is 5.91 Å². The Morgan fingerprint density at radius 1 is 0.580 bits per heavy atom. The molecule has 19 nitrogen and oxygen atoms in total. The summed E-state index contributed by atoms with van der Waals surface area (Å²) in [7, 11) is 3.18. The zero-order valence-electron chi connectivity index (χ0n) is 41.7. The van der Waals surface area contributed by atoms with Gasteiger partial charge < -0.3 is 59.0 Å². The zero-order chi connectivity index (χ0) is 50.5. The standard InChI is InChI=1S/C50H76N6O13/c1-49(2,3)43(53-47(60)68-32-30-66-28-26-64-24-22-62-7)45(58)52-41(34-37-14-10-9-11-15-37)42(57)36-56(35-38-17-19-39(20-18-38)40-16-12-13-21-51-40)55-46(59)44(50(4,5)6)54-48(61)69-33-31-67-29-27-65-25-23-63-8/h9-21,41-44,57H,22-36H2,1-8H3,(H,52,58)(H,53,60)(H,54,61)(H,55,59)/t41?,42-,43-,44-/m0/s1. The van der Waals surface area contributed by atoms with Gasteiger partial charge in [-0.25, -0.2) is 14.6 Å². The van der Waals surface area contributed by atoms with Crippen LogP contribution >= 0.6 is 0 Å². The molecule has 0 saturated heterocycles. The normalized spacial score (nSPS) is 13.5. The number of benzene rings is 2. The molecule has 0 aliphatic carbocycles. The maximum Gasteiger partial charge on any atom is 0.407 e. The largest absolute Gasteiger partial charge is 0.447 e. The van der Waals surface area contributed by atoms with Crippen LogP contribution in [0.4, 0.5) is 9.59 Å². The molecule has 3 aromatic rings. The predicted octanol–water partition coefficient (Wildman–Crippen LogP) is 4.31. The summed E-state index contributed by atoms with van der Waals surface area (Å²) in [4.78, 5) is 59.0. The number of nitrogens with one attached hydrogen (secondary N) is 4. The molecule has 1 unspecified atom stereocenters. The number of alkyl carbamates (subject to hydrolysis) is 2. The molecule has 0 spiro atoms. The molecule has 0 aliphatic rings. The van der Waals surface area contributed by atoms with Crippen LogP contribution in [-0.2, 0) is 60.4 Å². The Kier molecular flexibility index (Phi) is 26.8. The van der Waals surface area contributed by atoms with Crippen molar-refractivity contribution in [2.24, 2.45) is 10.8 Å². The number of hydrazine groups is 1. The summed E-state index contributed by atoms with van der Waals surface area (Å²) in [5, 5.41) is 22.1. The number of methoxy groups -OCH3 is 2. The Hall–Kier alpha value is -5.25. The summed E-state index contributed by atoms with van der Waals surface area (Å²) in [6, 6.07) is 19.5. The number of pyridine rings is 1. The van der Waals surface area contributed by atoms with Gasteiger partial charge in [0.1, 0.15) is 25.3 Å². The number of aliphatic hydroxyl groups excluding tert-OH is 1. The van der Waals surface area contributed by atoms with E-state index in [4.69, 9.17) is 37.9 Å². The molecule has 0 bridgehead atoms. The Morgan fingerprint density at radius 3 is 1.54 bits per heavy atom. The first kappa shape index (κ1) is 58.1. The second kappa shape index (κ2) is 31.8. The first-order valence-electron chi connectivity index (χ1n) is 23.2. The van der Waals surface area contributed by atoms with Gasteiger partial charge in [0.05, 0.1) is 83.9 Å². The van der Waals surface area contributed by atoms with Crippen LogP contribution in [0, 0.1) is 10.8 Å². The highest BCUT2D eigenvalue weighted by Gasteiger charge is 2.37. The van der Waals surface area contributed by atoms with Crippen molar-refractivity contribution < 1.29 is 62.2 Å². The van der Waals surface area contributed by atoms with E-state index in [0.29, 0.717) is 52.9 Å². The highest BCUT2D eigenvalue weighted by molar-refractivity contribution is 5.87. The summed E-state index contributed by atoms with van der Waals surface area (Å²) in [5.41, 5.74) is 4.64. The lowest BCUT2D eigenvalue weighted by atomic mass is 9.85. The molecule has 1 heterocycles. The van der Waals surface area contributed by atoms with Crippen LogP contribution in [0.1, 0.15) is 52.7 Å². The number of amides is 4. The van der Waals surface area contributed by atoms with E-state index in [1.807, 2.05) is 72.8 Å². The lowest BCUT2D eigenvalue weighted by molar-refractivity contribution is -0.132. The molecule has 19 heteroatoms. The molecule has 4 atom stereocenters. The van der Waals surface area contributed by atoms with Crippen LogP contribution in [0.15, 0.2) is 79.0 Å². The Balaban J connectivity index is 1.80. The van der Waals surface area contributed by atoms with Gasteiger partial charge in [-0.05, 0) is 40.5 Å². The smallest absolute Gasteiger partial charge is 0.407 e. The van der Waals surface area contributed by atoms with Gasteiger partial charge in [-0.2, -0.15) is 0 Å². The van der Waals surface area contributed by atoms with Gasteiger partial charge in [0.15, 0.2) is 0 Å². The van der Waals surface area contributed by atoms with E-state index >= 15 is 0 Å². The first-order valence-corrected chi connectivity index (χ1v) is 23.2. The third-order valence-corrected chi connectivity index (χ3v) is 10.4. The molecule has 0 aliphatic heterocycles. The Morgan fingerprint density at radius 2 is 1.06 bits per heavy atom. The van der Waals surface area contributed by atoms with Gasteiger partial charge in [-0.15, -0.1) is 0 Å². The van der Waals surface area contributed by atoms with Crippen molar-refractivity contribution in [1.29, 1.82) is 0 Å². The quantitative estimate of drug-likeness (QED) is 0.0434. The van der Waals surface area contributed by atoms with Crippen molar-refractivity contribution in [1.82, 2.24) is 31.4 Å². The SMILES string of the molecule is COCCOCCOCCOC(=O)N[C@@H](C(=O)NC(Cc1ccccc1)[C@@H](O)CN(Cc1ccc(-c2ccccn2)cc1)NC(=O)[C@H](NC(=O)OCCOCCOCCOC)C(C)(C)C)C(C)(C)C. The highest BCUT2D eigenvalue weighted by atomic mass is 16.6. The number of aromatic nitrogens is 1. The second-order valence-electron chi connectivity index (χ2n) is 18.2. The number of nitrogens with zero attached hydrogens (tertiary/aromatic N) is 2. The monoisotopic (exact) mass is 969 g/mol. The van der Waals surface area contributed by atoms with Crippen LogP contribution in [0.2, 0.25) is 0 Å². The average molecular weight is 969 g/mol. The minimum atomic E-state index is -1.29. The van der Waals surface area contributed by atoms with Gasteiger partial charge in [-0.1, -0.05) is 102 Å². The highest BCUT2D eigenvalue weighted by Crippen LogP contribution is 2.23. The van der Waals surface area contributed by atoms with Crippen molar-refractivity contribution >= 4 is 24.0 Å². The van der Waals surface area contributed by atoms with E-state index in [9.17, 15) is 24.3 Å². The number of hydrogen-bond acceptors (Lipinski definition) is 15. The fourth-order valence-electron chi connectivity index (χ4n) is 6.66. The number of carbonyl (C=O) groups is 4. The molecule has 384 valence electrons. The summed E-state index contributed by atoms with van der Waals surface area (Å²) in [6.45, 7) is 14.0. The van der Waals surface area contributed by atoms with E-state index < -0.39 is 59.1 Å². The molecule has 3 rings (SSSR count). The summed E-state index contributed by atoms with van der Waals surface area (Å²) in [6.07, 6.45) is -1.00. The molecule has 0 saturated carbocycles. The molecule has 4 amide bonds. The van der Waals surface area contributed by atoms with Gasteiger partial charge in [-0.3, -0.25) is 20.0 Å². The summed E-state index contributed by atoms with van der Waals surface area (Å²) >= 11 is 0. The minimum Gasteiger partial charge on any atom is -0.447 e. The number of rotatable bonds is 32. The maximum absolute atomic E-state index is 14.3. The van der Waals surface area contributed by atoms with Crippen molar-refractivity contribution in [2.75, 3.05) is 100 Å². The van der Waals surface area contributed by atoms with Gasteiger partial charge in [0.25, 0.3) is 5.91 Å². The lowest BCUT2D eigenvalue weighted by Crippen LogP contribution is -2.61. The van der Waals surface area contributed by atoms with Crippen LogP contribution in [-0.4, -0.2) is 163 Å². The van der Waals surface area contributed by atoms with E-state index in [0.717, 1.165) is 22.4 Å².